The van der Waals surface area contributed by atoms with Crippen LogP contribution in [-0.2, 0) is 0 Å². The maximum absolute atomic E-state index is 4.14. The molecule has 0 atom stereocenters. The molecule has 0 amide bonds. The standard InChI is InChI=1S/C25H20N2/c1-3-9-23(10-4-1)27(24-11-5-2-6-12-24)25-17-15-21(16-18-25)13-14-22-8-7-19-26-20-22/h1-20H/b14-13+. The van der Waals surface area contributed by atoms with E-state index in [1.165, 1.54) is 0 Å². The summed E-state index contributed by atoms with van der Waals surface area (Å²) in [5.74, 6) is 0. The van der Waals surface area contributed by atoms with Gasteiger partial charge in [-0.2, -0.15) is 0 Å². The number of benzene rings is 3. The maximum atomic E-state index is 4.14. The Morgan fingerprint density at radius 3 is 1.63 bits per heavy atom. The molecule has 0 aliphatic carbocycles. The predicted octanol–water partition coefficient (Wildman–Crippen LogP) is 6.72. The van der Waals surface area contributed by atoms with Crippen molar-refractivity contribution in [1.29, 1.82) is 0 Å². The lowest BCUT2D eigenvalue weighted by atomic mass is 10.1. The first-order valence-electron chi connectivity index (χ1n) is 8.98. The van der Waals surface area contributed by atoms with E-state index in [-0.39, 0.29) is 0 Å². The molecule has 2 heteroatoms. The van der Waals surface area contributed by atoms with Crippen molar-refractivity contribution < 1.29 is 0 Å². The van der Waals surface area contributed by atoms with Crippen LogP contribution in [0.25, 0.3) is 12.2 Å². The molecule has 130 valence electrons. The van der Waals surface area contributed by atoms with Gasteiger partial charge in [0.25, 0.3) is 0 Å². The molecule has 1 aromatic heterocycles. The molecule has 27 heavy (non-hydrogen) atoms. The minimum absolute atomic E-state index is 1.09. The van der Waals surface area contributed by atoms with Crippen LogP contribution >= 0.6 is 0 Å². The van der Waals surface area contributed by atoms with Gasteiger partial charge in [0, 0.05) is 29.5 Å². The van der Waals surface area contributed by atoms with E-state index in [4.69, 9.17) is 0 Å². The highest BCUT2D eigenvalue weighted by Gasteiger charge is 2.11. The van der Waals surface area contributed by atoms with Crippen molar-refractivity contribution in [2.75, 3.05) is 4.90 Å². The topological polar surface area (TPSA) is 16.1 Å². The largest absolute Gasteiger partial charge is 0.311 e. The molecule has 4 aromatic rings. The number of pyridine rings is 1. The van der Waals surface area contributed by atoms with Gasteiger partial charge in [0.2, 0.25) is 0 Å². The Morgan fingerprint density at radius 1 is 0.519 bits per heavy atom. The number of nitrogens with zero attached hydrogens (tertiary/aromatic N) is 2. The predicted molar refractivity (Wildman–Crippen MR) is 114 cm³/mol. The fourth-order valence-corrected chi connectivity index (χ4v) is 3.00. The fraction of sp³-hybridized carbons (Fsp3) is 0. The van der Waals surface area contributed by atoms with Crippen molar-refractivity contribution in [3.05, 3.63) is 121 Å². The smallest absolute Gasteiger partial charge is 0.0462 e. The highest BCUT2D eigenvalue weighted by atomic mass is 15.1. The average molecular weight is 348 g/mol. The minimum atomic E-state index is 1.09. The molecule has 3 aromatic carbocycles. The van der Waals surface area contributed by atoms with E-state index in [1.54, 1.807) is 6.20 Å². The van der Waals surface area contributed by atoms with Gasteiger partial charge in [0.15, 0.2) is 0 Å². The Hall–Kier alpha value is -3.65. The molecule has 0 fully saturated rings. The molecular formula is C25H20N2. The second kappa shape index (κ2) is 8.15. The molecule has 0 unspecified atom stereocenters. The number of para-hydroxylation sites is 2. The second-order valence-electron chi connectivity index (χ2n) is 6.22. The van der Waals surface area contributed by atoms with Crippen molar-refractivity contribution in [3.8, 4) is 0 Å². The Kier molecular flexibility index (Phi) is 5.07. The zero-order valence-electron chi connectivity index (χ0n) is 14.9. The van der Waals surface area contributed by atoms with Crippen LogP contribution in [0.1, 0.15) is 11.1 Å². The summed E-state index contributed by atoms with van der Waals surface area (Å²) in [6.07, 6.45) is 7.83. The number of aromatic nitrogens is 1. The lowest BCUT2D eigenvalue weighted by Crippen LogP contribution is -2.09. The summed E-state index contributed by atoms with van der Waals surface area (Å²) in [5, 5.41) is 0. The van der Waals surface area contributed by atoms with Crippen molar-refractivity contribution in [2.24, 2.45) is 0 Å². The Morgan fingerprint density at radius 2 is 1.07 bits per heavy atom. The summed E-state index contributed by atoms with van der Waals surface area (Å²) < 4.78 is 0. The average Bonchev–Trinajstić information content (AvgIpc) is 2.76. The van der Waals surface area contributed by atoms with Gasteiger partial charge in [0.1, 0.15) is 0 Å². The van der Waals surface area contributed by atoms with Crippen LogP contribution in [0.5, 0.6) is 0 Å². The van der Waals surface area contributed by atoms with Crippen LogP contribution in [0.4, 0.5) is 17.1 Å². The van der Waals surface area contributed by atoms with E-state index in [0.717, 1.165) is 28.2 Å². The molecule has 0 aliphatic heterocycles. The molecule has 0 saturated carbocycles. The molecule has 1 heterocycles. The first kappa shape index (κ1) is 16.8. The van der Waals surface area contributed by atoms with Gasteiger partial charge in [-0.25, -0.2) is 0 Å². The lowest BCUT2D eigenvalue weighted by molar-refractivity contribution is 1.28. The van der Waals surface area contributed by atoms with Crippen LogP contribution in [0.3, 0.4) is 0 Å². The van der Waals surface area contributed by atoms with Crippen molar-refractivity contribution >= 4 is 29.2 Å². The van der Waals surface area contributed by atoms with Crippen LogP contribution in [0.2, 0.25) is 0 Å². The fourth-order valence-electron chi connectivity index (χ4n) is 3.00. The molecule has 0 N–H and O–H groups in total. The number of hydrogen-bond acceptors (Lipinski definition) is 2. The third-order valence-corrected chi connectivity index (χ3v) is 4.33. The summed E-state index contributed by atoms with van der Waals surface area (Å²) >= 11 is 0. The minimum Gasteiger partial charge on any atom is -0.311 e. The summed E-state index contributed by atoms with van der Waals surface area (Å²) in [7, 11) is 0. The second-order valence-corrected chi connectivity index (χ2v) is 6.22. The van der Waals surface area contributed by atoms with E-state index in [9.17, 15) is 0 Å². The third-order valence-electron chi connectivity index (χ3n) is 4.33. The van der Waals surface area contributed by atoms with E-state index in [1.807, 2.05) is 30.5 Å². The van der Waals surface area contributed by atoms with E-state index in [0.29, 0.717) is 0 Å². The van der Waals surface area contributed by atoms with Gasteiger partial charge in [-0.05, 0) is 53.6 Å². The Balaban J connectivity index is 1.64. The molecule has 4 rings (SSSR count). The summed E-state index contributed by atoms with van der Waals surface area (Å²) in [5.41, 5.74) is 5.66. The van der Waals surface area contributed by atoms with Crippen LogP contribution in [0.15, 0.2) is 109 Å². The number of anilines is 3. The van der Waals surface area contributed by atoms with Gasteiger partial charge >= 0.3 is 0 Å². The SMILES string of the molecule is C(=C\c1cccnc1)/c1ccc(N(c2ccccc2)c2ccccc2)cc1. The quantitative estimate of drug-likeness (QED) is 0.398. The first-order chi connectivity index (χ1) is 13.4. The number of rotatable bonds is 5. The van der Waals surface area contributed by atoms with Gasteiger partial charge < -0.3 is 4.90 Å². The van der Waals surface area contributed by atoms with Gasteiger partial charge in [-0.1, -0.05) is 66.7 Å². The van der Waals surface area contributed by atoms with Crippen molar-refractivity contribution in [1.82, 2.24) is 4.98 Å². The molecule has 0 radical (unpaired) electrons. The van der Waals surface area contributed by atoms with E-state index in [2.05, 4.69) is 94.8 Å². The van der Waals surface area contributed by atoms with E-state index < -0.39 is 0 Å². The normalized spacial score (nSPS) is 10.8. The van der Waals surface area contributed by atoms with Crippen LogP contribution in [-0.4, -0.2) is 4.98 Å². The molecule has 2 nitrogen and oxygen atoms in total. The summed E-state index contributed by atoms with van der Waals surface area (Å²) in [4.78, 5) is 6.40. The lowest BCUT2D eigenvalue weighted by Gasteiger charge is -2.25. The first-order valence-corrected chi connectivity index (χ1v) is 8.98. The highest BCUT2D eigenvalue weighted by Crippen LogP contribution is 2.34. The molecular weight excluding hydrogens is 328 g/mol. The highest BCUT2D eigenvalue weighted by molar-refractivity contribution is 5.77. The summed E-state index contributed by atoms with van der Waals surface area (Å²) in [6.45, 7) is 0. The van der Waals surface area contributed by atoms with Crippen molar-refractivity contribution in [2.45, 2.75) is 0 Å². The zero-order chi connectivity index (χ0) is 18.3. The summed E-state index contributed by atoms with van der Waals surface area (Å²) in [6, 6.07) is 33.4. The van der Waals surface area contributed by atoms with Crippen LogP contribution < -0.4 is 4.90 Å². The van der Waals surface area contributed by atoms with E-state index >= 15 is 0 Å². The van der Waals surface area contributed by atoms with Gasteiger partial charge in [-0.15, -0.1) is 0 Å². The maximum Gasteiger partial charge on any atom is 0.0462 e. The zero-order valence-corrected chi connectivity index (χ0v) is 14.9. The van der Waals surface area contributed by atoms with Crippen molar-refractivity contribution in [3.63, 3.8) is 0 Å². The molecule has 0 bridgehead atoms. The molecule has 0 spiro atoms. The monoisotopic (exact) mass is 348 g/mol. The third kappa shape index (κ3) is 4.13. The molecule has 0 aliphatic rings. The van der Waals surface area contributed by atoms with Crippen LogP contribution in [0, 0.1) is 0 Å². The molecule has 0 saturated heterocycles. The van der Waals surface area contributed by atoms with Gasteiger partial charge in [0.05, 0.1) is 0 Å². The number of hydrogen-bond donors (Lipinski definition) is 0. The van der Waals surface area contributed by atoms with Gasteiger partial charge in [-0.3, -0.25) is 4.98 Å². The Labute approximate surface area is 160 Å². The Bertz CT molecular complexity index is 953.